The van der Waals surface area contributed by atoms with Crippen molar-refractivity contribution in [2.24, 2.45) is 0 Å². The van der Waals surface area contributed by atoms with Crippen LogP contribution in [0.15, 0.2) is 59.3 Å². The van der Waals surface area contributed by atoms with E-state index in [0.717, 1.165) is 5.76 Å². The van der Waals surface area contributed by atoms with Gasteiger partial charge in [0.25, 0.3) is 5.91 Å². The Morgan fingerprint density at radius 1 is 1.18 bits per heavy atom. The van der Waals surface area contributed by atoms with Gasteiger partial charge in [-0.1, -0.05) is 0 Å². The summed E-state index contributed by atoms with van der Waals surface area (Å²) in [6.07, 6.45) is 6.82. The number of furan rings is 1. The van der Waals surface area contributed by atoms with Gasteiger partial charge in [-0.3, -0.25) is 4.79 Å². The van der Waals surface area contributed by atoms with Crippen molar-refractivity contribution in [2.75, 3.05) is 7.11 Å². The molecule has 22 heavy (non-hydrogen) atoms. The van der Waals surface area contributed by atoms with Crippen LogP contribution in [0.3, 0.4) is 0 Å². The maximum absolute atomic E-state index is 12.3. The van der Waals surface area contributed by atoms with Crippen molar-refractivity contribution in [1.82, 2.24) is 9.78 Å². The van der Waals surface area contributed by atoms with Crippen molar-refractivity contribution < 1.29 is 13.9 Å². The van der Waals surface area contributed by atoms with Crippen LogP contribution in [0.25, 0.3) is 12.2 Å². The monoisotopic (exact) mass is 294 g/mol. The number of aromatic nitrogens is 2. The third kappa shape index (κ3) is 2.98. The Hall–Kier alpha value is -3.08. The van der Waals surface area contributed by atoms with Crippen molar-refractivity contribution in [3.05, 3.63) is 71.9 Å². The fraction of sp³-hybridized carbons (Fsp3) is 0.0588. The summed E-state index contributed by atoms with van der Waals surface area (Å²) < 4.78 is 11.6. The first-order chi connectivity index (χ1) is 10.8. The molecule has 0 aliphatic carbocycles. The Bertz CT molecular complexity index is 784. The van der Waals surface area contributed by atoms with Crippen LogP contribution in [0.5, 0.6) is 5.75 Å². The smallest absolute Gasteiger partial charge is 0.278 e. The standard InChI is InChI=1S/C17H14N2O3/c1-21-15-7-4-13(5-8-15)17(20)19-11-10-14(18-19)6-9-16-3-2-12-22-16/h2-12H,1H3. The minimum Gasteiger partial charge on any atom is -0.497 e. The molecular weight excluding hydrogens is 280 g/mol. The molecule has 2 heterocycles. The summed E-state index contributed by atoms with van der Waals surface area (Å²) in [5.41, 5.74) is 1.23. The SMILES string of the molecule is COc1ccc(C(=O)n2ccc(C=Cc3ccco3)n2)cc1. The van der Waals surface area contributed by atoms with Gasteiger partial charge in [-0.2, -0.15) is 5.10 Å². The van der Waals surface area contributed by atoms with Crippen LogP contribution in [0, 0.1) is 0 Å². The number of nitrogens with zero attached hydrogens (tertiary/aromatic N) is 2. The summed E-state index contributed by atoms with van der Waals surface area (Å²) in [5.74, 6) is 1.25. The average molecular weight is 294 g/mol. The van der Waals surface area contributed by atoms with E-state index in [1.54, 1.807) is 62.1 Å². The van der Waals surface area contributed by atoms with Crippen LogP contribution in [0.2, 0.25) is 0 Å². The van der Waals surface area contributed by atoms with Crippen LogP contribution >= 0.6 is 0 Å². The van der Waals surface area contributed by atoms with E-state index in [-0.39, 0.29) is 5.91 Å². The Morgan fingerprint density at radius 2 is 2.00 bits per heavy atom. The maximum atomic E-state index is 12.3. The van der Waals surface area contributed by atoms with E-state index in [9.17, 15) is 4.79 Å². The molecule has 0 unspecified atom stereocenters. The predicted octanol–water partition coefficient (Wildman–Crippen LogP) is 3.34. The second kappa shape index (κ2) is 6.13. The fourth-order valence-electron chi connectivity index (χ4n) is 1.96. The zero-order chi connectivity index (χ0) is 15.4. The van der Waals surface area contributed by atoms with Gasteiger partial charge in [-0.25, -0.2) is 4.68 Å². The molecular formula is C17H14N2O3. The highest BCUT2D eigenvalue weighted by Gasteiger charge is 2.09. The van der Waals surface area contributed by atoms with Gasteiger partial charge in [0.05, 0.1) is 19.1 Å². The average Bonchev–Trinajstić information content (AvgIpc) is 3.24. The molecule has 0 saturated heterocycles. The lowest BCUT2D eigenvalue weighted by Crippen LogP contribution is -2.12. The van der Waals surface area contributed by atoms with E-state index >= 15 is 0 Å². The fourth-order valence-corrected chi connectivity index (χ4v) is 1.96. The zero-order valence-corrected chi connectivity index (χ0v) is 12.0. The van der Waals surface area contributed by atoms with Gasteiger partial charge >= 0.3 is 0 Å². The summed E-state index contributed by atoms with van der Waals surface area (Å²) in [6, 6.07) is 12.3. The van der Waals surface area contributed by atoms with Gasteiger partial charge in [0.1, 0.15) is 11.5 Å². The molecule has 110 valence electrons. The summed E-state index contributed by atoms with van der Waals surface area (Å²) in [5, 5.41) is 4.24. The topological polar surface area (TPSA) is 57.3 Å². The molecule has 5 heteroatoms. The summed E-state index contributed by atoms with van der Waals surface area (Å²) in [6.45, 7) is 0. The summed E-state index contributed by atoms with van der Waals surface area (Å²) in [7, 11) is 1.59. The van der Waals surface area contributed by atoms with E-state index < -0.39 is 0 Å². The van der Waals surface area contributed by atoms with Crippen molar-refractivity contribution in [2.45, 2.75) is 0 Å². The minimum absolute atomic E-state index is 0.194. The number of hydrogen-bond donors (Lipinski definition) is 0. The molecule has 0 atom stereocenters. The number of carbonyl (C=O) groups is 1. The van der Waals surface area contributed by atoms with Crippen LogP contribution < -0.4 is 4.74 Å². The third-order valence-electron chi connectivity index (χ3n) is 3.12. The number of benzene rings is 1. The third-order valence-corrected chi connectivity index (χ3v) is 3.12. The summed E-state index contributed by atoms with van der Waals surface area (Å²) in [4.78, 5) is 12.3. The molecule has 0 fully saturated rings. The Morgan fingerprint density at radius 3 is 2.68 bits per heavy atom. The number of ether oxygens (including phenoxy) is 1. The zero-order valence-electron chi connectivity index (χ0n) is 12.0. The van der Waals surface area contributed by atoms with Gasteiger partial charge in [0, 0.05) is 11.8 Å². The van der Waals surface area contributed by atoms with Crippen LogP contribution in [-0.2, 0) is 0 Å². The number of rotatable bonds is 4. The van der Waals surface area contributed by atoms with Gasteiger partial charge in [-0.05, 0) is 54.6 Å². The van der Waals surface area contributed by atoms with E-state index in [4.69, 9.17) is 9.15 Å². The molecule has 2 aromatic heterocycles. The number of methoxy groups -OCH3 is 1. The molecule has 0 bridgehead atoms. The quantitative estimate of drug-likeness (QED) is 0.740. The van der Waals surface area contributed by atoms with Gasteiger partial charge in [0.15, 0.2) is 0 Å². The van der Waals surface area contributed by atoms with Crippen molar-refractivity contribution >= 4 is 18.1 Å². The summed E-state index contributed by atoms with van der Waals surface area (Å²) >= 11 is 0. The van der Waals surface area contributed by atoms with Gasteiger partial charge < -0.3 is 9.15 Å². The minimum atomic E-state index is -0.194. The lowest BCUT2D eigenvalue weighted by atomic mass is 10.2. The molecule has 0 aliphatic heterocycles. The normalized spacial score (nSPS) is 11.0. The molecule has 5 nitrogen and oxygen atoms in total. The number of carbonyl (C=O) groups excluding carboxylic acids is 1. The molecule has 0 radical (unpaired) electrons. The van der Waals surface area contributed by atoms with Crippen molar-refractivity contribution in [3.63, 3.8) is 0 Å². The molecule has 0 N–H and O–H groups in total. The molecule has 0 spiro atoms. The van der Waals surface area contributed by atoms with E-state index in [0.29, 0.717) is 17.0 Å². The first kappa shape index (κ1) is 13.9. The maximum Gasteiger partial charge on any atom is 0.278 e. The Labute approximate surface area is 127 Å². The molecule has 3 aromatic rings. The Kier molecular flexibility index (Phi) is 3.87. The highest BCUT2D eigenvalue weighted by molar-refractivity contribution is 5.95. The molecule has 0 amide bonds. The van der Waals surface area contributed by atoms with Crippen LogP contribution in [-0.4, -0.2) is 22.8 Å². The molecule has 0 aliphatic rings. The largest absolute Gasteiger partial charge is 0.497 e. The van der Waals surface area contributed by atoms with Crippen molar-refractivity contribution in [1.29, 1.82) is 0 Å². The second-order valence-corrected chi connectivity index (χ2v) is 4.57. The first-order valence-electron chi connectivity index (χ1n) is 6.72. The Balaban J connectivity index is 1.76. The van der Waals surface area contributed by atoms with Crippen molar-refractivity contribution in [3.8, 4) is 5.75 Å². The first-order valence-corrected chi connectivity index (χ1v) is 6.72. The molecule has 1 aromatic carbocycles. The number of hydrogen-bond acceptors (Lipinski definition) is 4. The highest BCUT2D eigenvalue weighted by Crippen LogP contribution is 2.13. The molecule has 3 rings (SSSR count). The van der Waals surface area contributed by atoms with Crippen LogP contribution in [0.1, 0.15) is 21.8 Å². The predicted molar refractivity (Wildman–Crippen MR) is 82.6 cm³/mol. The molecule has 0 saturated carbocycles. The van der Waals surface area contributed by atoms with E-state index in [1.807, 2.05) is 12.1 Å². The lowest BCUT2D eigenvalue weighted by Gasteiger charge is -2.02. The van der Waals surface area contributed by atoms with E-state index in [2.05, 4.69) is 5.10 Å². The van der Waals surface area contributed by atoms with Crippen LogP contribution in [0.4, 0.5) is 0 Å². The van der Waals surface area contributed by atoms with E-state index in [1.165, 1.54) is 4.68 Å². The highest BCUT2D eigenvalue weighted by atomic mass is 16.5. The van der Waals surface area contributed by atoms with Gasteiger partial charge in [-0.15, -0.1) is 0 Å². The lowest BCUT2D eigenvalue weighted by molar-refractivity contribution is 0.0945. The second-order valence-electron chi connectivity index (χ2n) is 4.57. The van der Waals surface area contributed by atoms with Gasteiger partial charge in [0.2, 0.25) is 0 Å².